The normalized spacial score (nSPS) is 15.4. The summed E-state index contributed by atoms with van der Waals surface area (Å²) >= 11 is 0. The van der Waals surface area contributed by atoms with Gasteiger partial charge in [-0.2, -0.15) is 5.10 Å². The number of H-pyrrole nitrogens is 1. The minimum absolute atomic E-state index is 0.221. The van der Waals surface area contributed by atoms with Crippen molar-refractivity contribution in [3.63, 3.8) is 0 Å². The van der Waals surface area contributed by atoms with E-state index in [2.05, 4.69) is 20.8 Å². The molecule has 1 aromatic carbocycles. The Kier molecular flexibility index (Phi) is 3.37. The van der Waals surface area contributed by atoms with Gasteiger partial charge < -0.3 is 10.6 Å². The van der Waals surface area contributed by atoms with E-state index in [4.69, 9.17) is 0 Å². The molecule has 0 radical (unpaired) electrons. The van der Waals surface area contributed by atoms with Crippen LogP contribution in [0.15, 0.2) is 29.2 Å². The summed E-state index contributed by atoms with van der Waals surface area (Å²) in [7, 11) is 0. The third-order valence-electron chi connectivity index (χ3n) is 3.62. The Morgan fingerprint density at radius 2 is 2.10 bits per heavy atom. The molecule has 3 N–H and O–H groups in total. The second-order valence-electron chi connectivity index (χ2n) is 5.08. The van der Waals surface area contributed by atoms with E-state index in [0.717, 1.165) is 18.2 Å². The summed E-state index contributed by atoms with van der Waals surface area (Å²) in [6.07, 6.45) is 6.00. The zero-order chi connectivity index (χ0) is 13.9. The molecule has 0 saturated heterocycles. The smallest absolute Gasteiger partial charge is 0.319 e. The third kappa shape index (κ3) is 2.64. The first-order valence-electron chi connectivity index (χ1n) is 6.77. The van der Waals surface area contributed by atoms with Crippen molar-refractivity contribution in [3.05, 3.63) is 34.7 Å². The number of amides is 2. The molecule has 6 nitrogen and oxygen atoms in total. The van der Waals surface area contributed by atoms with Gasteiger partial charge in [-0.3, -0.25) is 4.79 Å². The Balaban J connectivity index is 1.75. The van der Waals surface area contributed by atoms with Crippen molar-refractivity contribution < 1.29 is 4.79 Å². The lowest BCUT2D eigenvalue weighted by Crippen LogP contribution is -2.36. The molecule has 1 heterocycles. The van der Waals surface area contributed by atoms with E-state index in [1.54, 1.807) is 24.4 Å². The quantitative estimate of drug-likeness (QED) is 0.781. The molecule has 1 aliphatic carbocycles. The van der Waals surface area contributed by atoms with Crippen LogP contribution in [-0.2, 0) is 0 Å². The maximum atomic E-state index is 11.9. The number of rotatable bonds is 2. The largest absolute Gasteiger partial charge is 0.335 e. The molecule has 0 aliphatic heterocycles. The van der Waals surface area contributed by atoms with Crippen molar-refractivity contribution in [3.8, 4) is 0 Å². The highest BCUT2D eigenvalue weighted by molar-refractivity contribution is 5.93. The molecule has 20 heavy (non-hydrogen) atoms. The van der Waals surface area contributed by atoms with Crippen LogP contribution >= 0.6 is 0 Å². The second kappa shape index (κ2) is 5.32. The van der Waals surface area contributed by atoms with E-state index in [-0.39, 0.29) is 17.6 Å². The molecule has 0 spiro atoms. The highest BCUT2D eigenvalue weighted by Gasteiger charge is 2.17. The fraction of sp³-hybridized carbons (Fsp3) is 0.357. The van der Waals surface area contributed by atoms with Crippen molar-refractivity contribution >= 4 is 22.5 Å². The maximum absolute atomic E-state index is 11.9. The lowest BCUT2D eigenvalue weighted by atomic mass is 10.2. The summed E-state index contributed by atoms with van der Waals surface area (Å²) in [6, 6.07) is 5.23. The topological polar surface area (TPSA) is 86.9 Å². The predicted molar refractivity (Wildman–Crippen MR) is 76.8 cm³/mol. The lowest BCUT2D eigenvalue weighted by molar-refractivity contribution is 0.248. The second-order valence-corrected chi connectivity index (χ2v) is 5.08. The Labute approximate surface area is 115 Å². The van der Waals surface area contributed by atoms with Gasteiger partial charge in [-0.25, -0.2) is 9.89 Å². The first-order chi connectivity index (χ1) is 9.72. The molecule has 1 aromatic heterocycles. The van der Waals surface area contributed by atoms with E-state index in [1.807, 2.05) is 0 Å². The minimum atomic E-state index is -0.262. The van der Waals surface area contributed by atoms with Gasteiger partial charge in [0.15, 0.2) is 0 Å². The van der Waals surface area contributed by atoms with Gasteiger partial charge in [0.2, 0.25) is 0 Å². The number of anilines is 1. The molecule has 0 bridgehead atoms. The fourth-order valence-electron chi connectivity index (χ4n) is 2.59. The SMILES string of the molecule is O=C(Nc1ccc2cn[nH]c(=O)c2c1)NC1CCCC1. The number of nitrogens with zero attached hydrogens (tertiary/aromatic N) is 1. The lowest BCUT2D eigenvalue weighted by Gasteiger charge is -2.13. The summed E-state index contributed by atoms with van der Waals surface area (Å²) < 4.78 is 0. The van der Waals surface area contributed by atoms with Crippen molar-refractivity contribution in [1.82, 2.24) is 15.5 Å². The van der Waals surface area contributed by atoms with E-state index < -0.39 is 0 Å². The van der Waals surface area contributed by atoms with Crippen molar-refractivity contribution in [2.45, 2.75) is 31.7 Å². The Morgan fingerprint density at radius 1 is 1.30 bits per heavy atom. The first-order valence-corrected chi connectivity index (χ1v) is 6.77. The molecular weight excluding hydrogens is 256 g/mol. The minimum Gasteiger partial charge on any atom is -0.335 e. The average Bonchev–Trinajstić information content (AvgIpc) is 2.92. The number of urea groups is 1. The molecule has 104 valence electrons. The van der Waals surface area contributed by atoms with Crippen LogP contribution < -0.4 is 16.2 Å². The van der Waals surface area contributed by atoms with Gasteiger partial charge in [-0.1, -0.05) is 18.9 Å². The number of hydrogen-bond acceptors (Lipinski definition) is 3. The van der Waals surface area contributed by atoms with Crippen LogP contribution in [0.25, 0.3) is 10.8 Å². The van der Waals surface area contributed by atoms with Crippen molar-refractivity contribution in [2.24, 2.45) is 0 Å². The number of nitrogens with one attached hydrogen (secondary N) is 3. The van der Waals surface area contributed by atoms with Crippen LogP contribution in [0.2, 0.25) is 0 Å². The molecule has 6 heteroatoms. The highest BCUT2D eigenvalue weighted by Crippen LogP contribution is 2.18. The highest BCUT2D eigenvalue weighted by atomic mass is 16.2. The number of carbonyl (C=O) groups is 1. The van der Waals surface area contributed by atoms with Gasteiger partial charge in [0.1, 0.15) is 0 Å². The number of benzene rings is 1. The summed E-state index contributed by atoms with van der Waals surface area (Å²) in [5.74, 6) is 0. The summed E-state index contributed by atoms with van der Waals surface area (Å²) in [6.45, 7) is 0. The molecule has 1 aliphatic rings. The van der Waals surface area contributed by atoms with E-state index >= 15 is 0 Å². The van der Waals surface area contributed by atoms with Gasteiger partial charge in [0, 0.05) is 17.1 Å². The summed E-state index contributed by atoms with van der Waals surface area (Å²) in [5.41, 5.74) is 0.340. The molecule has 2 aromatic rings. The van der Waals surface area contributed by atoms with Gasteiger partial charge >= 0.3 is 6.03 Å². The number of hydrogen-bond donors (Lipinski definition) is 3. The van der Waals surface area contributed by atoms with Crippen LogP contribution in [-0.4, -0.2) is 22.3 Å². The number of aromatic amines is 1. The molecule has 0 unspecified atom stereocenters. The third-order valence-corrected chi connectivity index (χ3v) is 3.62. The van der Waals surface area contributed by atoms with Crippen LogP contribution in [0, 0.1) is 0 Å². The standard InChI is InChI=1S/C14H16N4O2/c19-13-12-7-11(6-5-9(12)8-15-18-13)17-14(20)16-10-3-1-2-4-10/h5-8,10H,1-4H2,(H,18,19)(H2,16,17,20). The van der Waals surface area contributed by atoms with Crippen LogP contribution in [0.4, 0.5) is 10.5 Å². The molecule has 2 amide bonds. The number of fused-ring (bicyclic) bond motifs is 1. The Bertz CT molecular complexity index is 689. The first kappa shape index (κ1) is 12.7. The maximum Gasteiger partial charge on any atom is 0.319 e. The molecular formula is C14H16N4O2. The predicted octanol–water partition coefficient (Wildman–Crippen LogP) is 1.99. The monoisotopic (exact) mass is 272 g/mol. The van der Waals surface area contributed by atoms with Gasteiger partial charge in [-0.05, 0) is 25.0 Å². The Morgan fingerprint density at radius 3 is 2.90 bits per heavy atom. The summed E-state index contributed by atoms with van der Waals surface area (Å²) in [5, 5.41) is 13.1. The van der Waals surface area contributed by atoms with E-state index in [9.17, 15) is 9.59 Å². The zero-order valence-electron chi connectivity index (χ0n) is 11.0. The van der Waals surface area contributed by atoms with E-state index in [0.29, 0.717) is 11.1 Å². The molecule has 0 atom stereocenters. The Hall–Kier alpha value is -2.37. The van der Waals surface area contributed by atoms with Crippen molar-refractivity contribution in [1.29, 1.82) is 0 Å². The van der Waals surface area contributed by atoms with Crippen LogP contribution in [0.3, 0.4) is 0 Å². The van der Waals surface area contributed by atoms with Gasteiger partial charge in [0.05, 0.1) is 11.6 Å². The molecule has 3 rings (SSSR count). The van der Waals surface area contributed by atoms with Crippen LogP contribution in [0.5, 0.6) is 0 Å². The van der Waals surface area contributed by atoms with E-state index in [1.165, 1.54) is 12.8 Å². The number of aromatic nitrogens is 2. The van der Waals surface area contributed by atoms with Gasteiger partial charge in [0.25, 0.3) is 5.56 Å². The fourth-order valence-corrected chi connectivity index (χ4v) is 2.59. The van der Waals surface area contributed by atoms with Crippen molar-refractivity contribution in [2.75, 3.05) is 5.32 Å². The average molecular weight is 272 g/mol. The summed E-state index contributed by atoms with van der Waals surface area (Å²) in [4.78, 5) is 23.5. The van der Waals surface area contributed by atoms with Gasteiger partial charge in [-0.15, -0.1) is 0 Å². The number of carbonyl (C=O) groups excluding carboxylic acids is 1. The molecule has 1 fully saturated rings. The van der Waals surface area contributed by atoms with Crippen LogP contribution in [0.1, 0.15) is 25.7 Å². The zero-order valence-corrected chi connectivity index (χ0v) is 11.0. The molecule has 1 saturated carbocycles.